The second kappa shape index (κ2) is 16.6. The van der Waals surface area contributed by atoms with Crippen LogP contribution in [0.2, 0.25) is 0 Å². The molecule has 1 aliphatic rings. The Kier molecular flexibility index (Phi) is 14.3. The molecule has 1 N–H and O–H groups in total. The zero-order valence-electron chi connectivity index (χ0n) is 17.6. The number of hydrogen-bond donors (Lipinski definition) is 1. The van der Waals surface area contributed by atoms with Crippen molar-refractivity contribution in [3.63, 3.8) is 0 Å². The summed E-state index contributed by atoms with van der Waals surface area (Å²) in [6.07, 6.45) is 5.87. The van der Waals surface area contributed by atoms with E-state index in [1.165, 1.54) is 7.11 Å². The van der Waals surface area contributed by atoms with E-state index >= 15 is 0 Å². The zero-order valence-corrected chi connectivity index (χ0v) is 17.6. The number of nitrogens with one attached hydrogen (secondary N) is 1. The summed E-state index contributed by atoms with van der Waals surface area (Å²) >= 11 is 0. The molecule has 1 atom stereocenters. The number of carbonyl (C=O) groups excluding carboxylic acids is 3. The van der Waals surface area contributed by atoms with Gasteiger partial charge in [0.15, 0.2) is 0 Å². The number of likely N-dealkylation sites (tertiary alicyclic amines) is 1. The Balaban J connectivity index is 1.97. The molecule has 1 fully saturated rings. The van der Waals surface area contributed by atoms with Crippen molar-refractivity contribution >= 4 is 17.8 Å². The van der Waals surface area contributed by atoms with Crippen molar-refractivity contribution in [2.45, 2.75) is 12.8 Å². The van der Waals surface area contributed by atoms with Gasteiger partial charge >= 0.3 is 5.97 Å². The van der Waals surface area contributed by atoms with Crippen molar-refractivity contribution in [1.29, 1.82) is 0 Å². The van der Waals surface area contributed by atoms with E-state index in [0.29, 0.717) is 65.8 Å². The summed E-state index contributed by atoms with van der Waals surface area (Å²) in [5.74, 6) is 1.26. The van der Waals surface area contributed by atoms with Crippen LogP contribution in [0.5, 0.6) is 0 Å². The Morgan fingerprint density at radius 3 is 2.20 bits per heavy atom. The van der Waals surface area contributed by atoms with Crippen molar-refractivity contribution in [2.75, 3.05) is 79.6 Å². The van der Waals surface area contributed by atoms with Crippen LogP contribution in [0.3, 0.4) is 0 Å². The van der Waals surface area contributed by atoms with Gasteiger partial charge in [-0.2, -0.15) is 0 Å². The molecule has 10 heteroatoms. The van der Waals surface area contributed by atoms with Crippen molar-refractivity contribution < 1.29 is 38.1 Å². The Hall–Kier alpha value is -2.19. The molecule has 170 valence electrons. The monoisotopic (exact) mass is 428 g/mol. The molecule has 1 heterocycles. The lowest BCUT2D eigenvalue weighted by Gasteiger charge is -2.16. The minimum atomic E-state index is -0.506. The van der Waals surface area contributed by atoms with Gasteiger partial charge in [0.25, 0.3) is 0 Å². The number of nitrogens with zero attached hydrogens (tertiary/aromatic N) is 1. The van der Waals surface area contributed by atoms with Crippen molar-refractivity contribution in [1.82, 2.24) is 10.2 Å². The maximum atomic E-state index is 12.2. The Morgan fingerprint density at radius 1 is 1.00 bits per heavy atom. The Labute approximate surface area is 177 Å². The summed E-state index contributed by atoms with van der Waals surface area (Å²) in [5.41, 5.74) is 0. The van der Waals surface area contributed by atoms with E-state index in [2.05, 4.69) is 16.0 Å². The molecular weight excluding hydrogens is 396 g/mol. The Morgan fingerprint density at radius 2 is 1.60 bits per heavy atom. The molecule has 0 aliphatic carbocycles. The molecule has 1 saturated heterocycles. The lowest BCUT2D eigenvalue weighted by molar-refractivity contribution is -0.141. The average Bonchev–Trinajstić information content (AvgIpc) is 3.25. The van der Waals surface area contributed by atoms with E-state index in [1.807, 2.05) is 0 Å². The molecule has 1 aliphatic heterocycles. The van der Waals surface area contributed by atoms with Crippen molar-refractivity contribution in [3.05, 3.63) is 0 Å². The SMILES string of the molecule is C#CCOCCOCCOCCOCCC(=O)N1CCC(C(=O)NCC(=O)OC)C1. The van der Waals surface area contributed by atoms with Crippen LogP contribution in [0.1, 0.15) is 12.8 Å². The third-order valence-electron chi connectivity index (χ3n) is 4.31. The molecule has 0 bridgehead atoms. The van der Waals surface area contributed by atoms with Crippen molar-refractivity contribution in [3.8, 4) is 12.3 Å². The molecule has 0 aromatic carbocycles. The molecule has 0 aromatic rings. The molecule has 0 aromatic heterocycles. The maximum Gasteiger partial charge on any atom is 0.325 e. The highest BCUT2D eigenvalue weighted by Crippen LogP contribution is 2.17. The van der Waals surface area contributed by atoms with Crippen LogP contribution < -0.4 is 5.32 Å². The van der Waals surface area contributed by atoms with E-state index in [-0.39, 0.29) is 37.3 Å². The first-order valence-corrected chi connectivity index (χ1v) is 9.95. The highest BCUT2D eigenvalue weighted by atomic mass is 16.6. The van der Waals surface area contributed by atoms with Crippen molar-refractivity contribution in [2.24, 2.45) is 5.92 Å². The number of methoxy groups -OCH3 is 1. The van der Waals surface area contributed by atoms with E-state index < -0.39 is 5.97 Å². The highest BCUT2D eigenvalue weighted by Gasteiger charge is 2.30. The molecule has 10 nitrogen and oxygen atoms in total. The highest BCUT2D eigenvalue weighted by molar-refractivity contribution is 5.85. The van der Waals surface area contributed by atoms with Gasteiger partial charge in [-0.3, -0.25) is 14.4 Å². The number of terminal acetylenes is 1. The lowest BCUT2D eigenvalue weighted by Crippen LogP contribution is -2.37. The normalized spacial score (nSPS) is 15.6. The van der Waals surface area contributed by atoms with Crippen LogP contribution in [0.25, 0.3) is 0 Å². The second-order valence-electron chi connectivity index (χ2n) is 6.46. The maximum absolute atomic E-state index is 12.2. The standard InChI is InChI=1S/C20H32N2O8/c1-3-7-27-9-11-29-13-14-30-12-10-28-8-5-18(23)22-6-4-17(16-22)20(25)21-15-19(24)26-2/h1,17H,4-16H2,2H3,(H,21,25). The fourth-order valence-electron chi connectivity index (χ4n) is 2.69. The van der Waals surface area contributed by atoms with Crippen LogP contribution in [-0.4, -0.2) is 102 Å². The zero-order chi connectivity index (χ0) is 22.0. The van der Waals surface area contributed by atoms with Gasteiger partial charge in [-0.25, -0.2) is 0 Å². The summed E-state index contributed by atoms with van der Waals surface area (Å²) in [6, 6.07) is 0. The third-order valence-corrected chi connectivity index (χ3v) is 4.31. The number of hydrogen-bond acceptors (Lipinski definition) is 8. The van der Waals surface area contributed by atoms with E-state index in [4.69, 9.17) is 25.4 Å². The molecule has 0 radical (unpaired) electrons. The van der Waals surface area contributed by atoms with Crippen LogP contribution in [0.15, 0.2) is 0 Å². The van der Waals surface area contributed by atoms with Gasteiger partial charge in [-0.1, -0.05) is 5.92 Å². The number of rotatable bonds is 16. The van der Waals surface area contributed by atoms with Gasteiger partial charge in [0.2, 0.25) is 11.8 Å². The van der Waals surface area contributed by atoms with Gasteiger partial charge in [-0.15, -0.1) is 6.42 Å². The van der Waals surface area contributed by atoms with E-state index in [1.54, 1.807) is 4.90 Å². The first-order chi connectivity index (χ1) is 14.6. The van der Waals surface area contributed by atoms with Crippen LogP contribution in [-0.2, 0) is 38.1 Å². The quantitative estimate of drug-likeness (QED) is 0.193. The number of amides is 2. The topological polar surface area (TPSA) is 113 Å². The number of ether oxygens (including phenoxy) is 5. The largest absolute Gasteiger partial charge is 0.468 e. The van der Waals surface area contributed by atoms with Gasteiger partial charge in [0, 0.05) is 13.1 Å². The fourth-order valence-corrected chi connectivity index (χ4v) is 2.69. The summed E-state index contributed by atoms with van der Waals surface area (Å²) in [4.78, 5) is 36.9. The second-order valence-corrected chi connectivity index (χ2v) is 6.46. The third kappa shape index (κ3) is 11.7. The molecular formula is C20H32N2O8. The van der Waals surface area contributed by atoms with Crippen LogP contribution >= 0.6 is 0 Å². The summed E-state index contributed by atoms with van der Waals surface area (Å²) in [5, 5.41) is 2.52. The minimum absolute atomic E-state index is 0.0559. The summed E-state index contributed by atoms with van der Waals surface area (Å²) in [6.45, 7) is 3.91. The molecule has 1 rings (SSSR count). The molecule has 0 saturated carbocycles. The minimum Gasteiger partial charge on any atom is -0.468 e. The van der Waals surface area contributed by atoms with E-state index in [0.717, 1.165) is 0 Å². The van der Waals surface area contributed by atoms with Gasteiger partial charge in [-0.05, 0) is 6.42 Å². The van der Waals surface area contributed by atoms with E-state index in [9.17, 15) is 14.4 Å². The predicted molar refractivity (Wildman–Crippen MR) is 106 cm³/mol. The fraction of sp³-hybridized carbons (Fsp3) is 0.750. The molecule has 2 amide bonds. The lowest BCUT2D eigenvalue weighted by atomic mass is 10.1. The van der Waals surface area contributed by atoms with Gasteiger partial charge < -0.3 is 33.9 Å². The van der Waals surface area contributed by atoms with Gasteiger partial charge in [0.1, 0.15) is 13.2 Å². The molecule has 30 heavy (non-hydrogen) atoms. The van der Waals surface area contributed by atoms with Crippen LogP contribution in [0.4, 0.5) is 0 Å². The van der Waals surface area contributed by atoms with Crippen LogP contribution in [0, 0.1) is 18.3 Å². The smallest absolute Gasteiger partial charge is 0.325 e. The summed E-state index contributed by atoms with van der Waals surface area (Å²) < 4.78 is 25.6. The molecule has 0 spiro atoms. The number of carbonyl (C=O) groups is 3. The first kappa shape index (κ1) is 25.8. The van der Waals surface area contributed by atoms with Gasteiger partial charge in [0.05, 0.1) is 65.7 Å². The Bertz CT molecular complexity index is 563. The first-order valence-electron chi connectivity index (χ1n) is 9.95. The molecule has 1 unspecified atom stereocenters. The summed E-state index contributed by atoms with van der Waals surface area (Å²) in [7, 11) is 1.26. The number of esters is 1. The average molecular weight is 428 g/mol. The predicted octanol–water partition coefficient (Wildman–Crippen LogP) is -0.786.